The summed E-state index contributed by atoms with van der Waals surface area (Å²) in [4.78, 5) is 12.2. The summed E-state index contributed by atoms with van der Waals surface area (Å²) in [6.07, 6.45) is 1.94. The van der Waals surface area contributed by atoms with Gasteiger partial charge in [0.2, 0.25) is 11.8 Å². The Hall–Kier alpha value is -2.73. The van der Waals surface area contributed by atoms with Crippen molar-refractivity contribution in [2.45, 2.75) is 30.5 Å². The fourth-order valence-corrected chi connectivity index (χ4v) is 3.25. The van der Waals surface area contributed by atoms with Crippen LogP contribution in [0.4, 0.5) is 0 Å². The molecule has 1 atom stereocenters. The molecule has 1 N–H and O–H groups in total. The van der Waals surface area contributed by atoms with Crippen LogP contribution in [0.1, 0.15) is 19.8 Å². The number of amides is 1. The Balaban J connectivity index is 1.61. The van der Waals surface area contributed by atoms with Gasteiger partial charge in [0, 0.05) is 5.56 Å². The van der Waals surface area contributed by atoms with E-state index >= 15 is 0 Å². The van der Waals surface area contributed by atoms with Crippen LogP contribution in [0, 0.1) is 17.2 Å². The number of thioether (sulfide) groups is 1. The molecule has 1 aromatic carbocycles. The summed E-state index contributed by atoms with van der Waals surface area (Å²) >= 11 is 1.13. The van der Waals surface area contributed by atoms with Crippen molar-refractivity contribution in [3.05, 3.63) is 18.2 Å². The highest BCUT2D eigenvalue weighted by molar-refractivity contribution is 7.99. The van der Waals surface area contributed by atoms with E-state index in [4.69, 9.17) is 13.9 Å². The van der Waals surface area contributed by atoms with E-state index in [0.29, 0.717) is 23.0 Å². The van der Waals surface area contributed by atoms with Crippen LogP contribution < -0.4 is 14.8 Å². The molecule has 142 valence electrons. The van der Waals surface area contributed by atoms with Gasteiger partial charge in [-0.25, -0.2) is 0 Å². The monoisotopic (exact) mass is 388 g/mol. The molecule has 8 nitrogen and oxygen atoms in total. The van der Waals surface area contributed by atoms with E-state index in [-0.39, 0.29) is 22.8 Å². The molecule has 1 heterocycles. The van der Waals surface area contributed by atoms with Crippen molar-refractivity contribution in [3.63, 3.8) is 0 Å². The molecule has 27 heavy (non-hydrogen) atoms. The van der Waals surface area contributed by atoms with Crippen molar-refractivity contribution in [1.29, 1.82) is 5.26 Å². The van der Waals surface area contributed by atoms with Gasteiger partial charge in [-0.15, -0.1) is 10.2 Å². The first kappa shape index (κ1) is 19.0. The molecule has 1 saturated carbocycles. The molecule has 2 aromatic rings. The first-order valence-electron chi connectivity index (χ1n) is 8.40. The molecule has 1 aliphatic rings. The average Bonchev–Trinajstić information content (AvgIpc) is 3.45. The fraction of sp³-hybridized carbons (Fsp3) is 0.444. The molecule has 0 radical (unpaired) electrons. The summed E-state index contributed by atoms with van der Waals surface area (Å²) in [6.45, 7) is 1.76. The lowest BCUT2D eigenvalue weighted by Gasteiger charge is -2.22. The molecular formula is C18H20N4O4S. The van der Waals surface area contributed by atoms with E-state index in [1.807, 2.05) is 0 Å². The van der Waals surface area contributed by atoms with Crippen molar-refractivity contribution in [1.82, 2.24) is 15.5 Å². The maximum absolute atomic E-state index is 12.2. The maximum atomic E-state index is 12.2. The van der Waals surface area contributed by atoms with Crippen LogP contribution in [0.25, 0.3) is 11.5 Å². The van der Waals surface area contributed by atoms with Crippen LogP contribution >= 0.6 is 11.8 Å². The van der Waals surface area contributed by atoms with Crippen LogP contribution in [-0.2, 0) is 4.79 Å². The summed E-state index contributed by atoms with van der Waals surface area (Å²) in [5.74, 6) is 1.57. The van der Waals surface area contributed by atoms with Gasteiger partial charge in [-0.3, -0.25) is 4.79 Å². The standard InChI is InChI=1S/C18H20N4O4S/c1-18(10-19,12-5-6-12)20-15(23)9-27-17-22-21-16(26-17)11-4-7-13(24-2)14(8-11)25-3/h4,7-8,12H,5-6,9H2,1-3H3,(H,20,23)/t18-/m1/s1. The number of nitriles is 1. The summed E-state index contributed by atoms with van der Waals surface area (Å²) in [5, 5.41) is 20.3. The Morgan fingerprint density at radius 2 is 2.11 bits per heavy atom. The number of methoxy groups -OCH3 is 2. The lowest BCUT2D eigenvalue weighted by Crippen LogP contribution is -2.47. The van der Waals surface area contributed by atoms with Crippen molar-refractivity contribution in [2.24, 2.45) is 5.92 Å². The largest absolute Gasteiger partial charge is 0.493 e. The second-order valence-electron chi connectivity index (χ2n) is 6.37. The van der Waals surface area contributed by atoms with Gasteiger partial charge in [-0.1, -0.05) is 11.8 Å². The number of carbonyl (C=O) groups is 1. The third-order valence-corrected chi connectivity index (χ3v) is 5.21. The number of carbonyl (C=O) groups excluding carboxylic acids is 1. The lowest BCUT2D eigenvalue weighted by molar-refractivity contribution is -0.119. The Morgan fingerprint density at radius 1 is 1.37 bits per heavy atom. The fourth-order valence-electron chi connectivity index (χ4n) is 2.69. The molecule has 1 fully saturated rings. The zero-order valence-electron chi connectivity index (χ0n) is 15.3. The SMILES string of the molecule is COc1ccc(-c2nnc(SCC(=O)N[C@](C)(C#N)C3CC3)o2)cc1OC. The number of rotatable bonds is 8. The van der Waals surface area contributed by atoms with Crippen molar-refractivity contribution in [3.8, 4) is 29.0 Å². The third-order valence-electron chi connectivity index (χ3n) is 4.39. The van der Waals surface area contributed by atoms with Gasteiger partial charge in [0.15, 0.2) is 11.5 Å². The molecule has 1 aliphatic carbocycles. The minimum absolute atomic E-state index is 0.0948. The number of nitrogens with one attached hydrogen (secondary N) is 1. The van der Waals surface area contributed by atoms with Gasteiger partial charge in [-0.05, 0) is 43.9 Å². The van der Waals surface area contributed by atoms with E-state index in [9.17, 15) is 10.1 Å². The quantitative estimate of drug-likeness (QED) is 0.687. The van der Waals surface area contributed by atoms with Gasteiger partial charge in [0.1, 0.15) is 5.54 Å². The summed E-state index contributed by atoms with van der Waals surface area (Å²) in [6, 6.07) is 7.47. The Bertz CT molecular complexity index is 874. The number of hydrogen-bond donors (Lipinski definition) is 1. The van der Waals surface area contributed by atoms with Crippen LogP contribution in [0.2, 0.25) is 0 Å². The molecule has 1 amide bonds. The highest BCUT2D eigenvalue weighted by atomic mass is 32.2. The first-order chi connectivity index (χ1) is 13.0. The van der Waals surface area contributed by atoms with Crippen molar-refractivity contribution in [2.75, 3.05) is 20.0 Å². The lowest BCUT2D eigenvalue weighted by atomic mass is 9.98. The molecule has 0 saturated heterocycles. The topological polar surface area (TPSA) is 110 Å². The maximum Gasteiger partial charge on any atom is 0.277 e. The van der Waals surface area contributed by atoms with Crippen molar-refractivity contribution >= 4 is 17.7 Å². The van der Waals surface area contributed by atoms with Gasteiger partial charge < -0.3 is 19.2 Å². The Morgan fingerprint density at radius 3 is 2.74 bits per heavy atom. The normalized spacial score (nSPS) is 15.5. The Kier molecular flexibility index (Phi) is 5.56. The van der Waals surface area contributed by atoms with E-state index in [0.717, 1.165) is 24.6 Å². The number of nitrogens with zero attached hydrogens (tertiary/aromatic N) is 3. The number of aromatic nitrogens is 2. The predicted molar refractivity (Wildman–Crippen MR) is 98.4 cm³/mol. The van der Waals surface area contributed by atoms with E-state index in [2.05, 4.69) is 21.6 Å². The van der Waals surface area contributed by atoms with Gasteiger partial charge in [-0.2, -0.15) is 5.26 Å². The smallest absolute Gasteiger partial charge is 0.277 e. The molecule has 3 rings (SSSR count). The molecule has 1 aromatic heterocycles. The molecular weight excluding hydrogens is 368 g/mol. The van der Waals surface area contributed by atoms with Crippen LogP contribution in [0.15, 0.2) is 27.8 Å². The minimum atomic E-state index is -0.808. The molecule has 9 heteroatoms. The molecule has 0 aliphatic heterocycles. The highest BCUT2D eigenvalue weighted by Gasteiger charge is 2.42. The third kappa shape index (κ3) is 4.34. The number of benzene rings is 1. The number of hydrogen-bond acceptors (Lipinski definition) is 8. The van der Waals surface area contributed by atoms with E-state index < -0.39 is 5.54 Å². The highest BCUT2D eigenvalue weighted by Crippen LogP contribution is 2.39. The van der Waals surface area contributed by atoms with Gasteiger partial charge in [0.05, 0.1) is 26.0 Å². The second-order valence-corrected chi connectivity index (χ2v) is 7.29. The minimum Gasteiger partial charge on any atom is -0.493 e. The van der Waals surface area contributed by atoms with Crippen LogP contribution in [0.5, 0.6) is 11.5 Å². The first-order valence-corrected chi connectivity index (χ1v) is 9.38. The number of ether oxygens (including phenoxy) is 2. The van der Waals surface area contributed by atoms with E-state index in [1.54, 1.807) is 39.3 Å². The average molecular weight is 388 g/mol. The van der Waals surface area contributed by atoms with Crippen LogP contribution in [0.3, 0.4) is 0 Å². The van der Waals surface area contributed by atoms with Crippen molar-refractivity contribution < 1.29 is 18.7 Å². The van der Waals surface area contributed by atoms with Gasteiger partial charge in [0.25, 0.3) is 5.22 Å². The van der Waals surface area contributed by atoms with Gasteiger partial charge >= 0.3 is 0 Å². The summed E-state index contributed by atoms with van der Waals surface area (Å²) in [7, 11) is 3.11. The second kappa shape index (κ2) is 7.88. The van der Waals surface area contributed by atoms with Crippen LogP contribution in [-0.4, -0.2) is 41.6 Å². The molecule has 0 bridgehead atoms. The zero-order chi connectivity index (χ0) is 19.4. The molecule has 0 spiro atoms. The zero-order valence-corrected chi connectivity index (χ0v) is 16.1. The Labute approximate surface area is 161 Å². The summed E-state index contributed by atoms with van der Waals surface area (Å²) in [5.41, 5.74) is -0.126. The van der Waals surface area contributed by atoms with E-state index in [1.165, 1.54) is 0 Å². The molecule has 0 unspecified atom stereocenters. The summed E-state index contributed by atoms with van der Waals surface area (Å²) < 4.78 is 16.1. The predicted octanol–water partition coefficient (Wildman–Crippen LogP) is 2.65.